The molecule has 2 fully saturated rings. The Balaban J connectivity index is 0.789. The molecule has 8 rings (SSSR count). The Kier molecular flexibility index (Phi) is 11.4. The summed E-state index contributed by atoms with van der Waals surface area (Å²) in [5, 5.41) is 19.9. The van der Waals surface area contributed by atoms with Crippen molar-refractivity contribution in [3.63, 3.8) is 0 Å². The minimum absolute atomic E-state index is 0.221. The lowest BCUT2D eigenvalue weighted by Gasteiger charge is -2.34. The van der Waals surface area contributed by atoms with Gasteiger partial charge in [0.2, 0.25) is 27.8 Å². The van der Waals surface area contributed by atoms with E-state index in [-0.39, 0.29) is 23.6 Å². The molecule has 2 aromatic heterocycles. The zero-order valence-electron chi connectivity index (χ0n) is 32.3. The van der Waals surface area contributed by atoms with Crippen molar-refractivity contribution in [1.29, 1.82) is 0 Å². The minimum atomic E-state index is -3.47. The highest BCUT2D eigenvalue weighted by molar-refractivity contribution is 7.92. The van der Waals surface area contributed by atoms with Gasteiger partial charge < -0.3 is 36.5 Å². The smallest absolute Gasteiger partial charge is 0.249 e. The van der Waals surface area contributed by atoms with Gasteiger partial charge in [0, 0.05) is 62.8 Å². The number of aromatic nitrogens is 3. The van der Waals surface area contributed by atoms with Crippen LogP contribution in [0.3, 0.4) is 0 Å². The number of rotatable bonds is 15. The Labute approximate surface area is 336 Å². The fraction of sp³-hybridized carbons (Fsp3) is 0.366. The summed E-state index contributed by atoms with van der Waals surface area (Å²) in [6.07, 6.45) is 7.13. The van der Waals surface area contributed by atoms with Crippen LogP contribution in [0.15, 0.2) is 72.9 Å². The van der Waals surface area contributed by atoms with Crippen molar-refractivity contribution in [2.24, 2.45) is 0 Å². The average molecular weight is 810 g/mol. The number of carbonyl (C=O) groups excluding carboxylic acids is 2. The largest absolute Gasteiger partial charge is 0.374 e. The van der Waals surface area contributed by atoms with Gasteiger partial charge in [0.25, 0.3) is 0 Å². The number of aromatic amines is 1. The molecule has 0 radical (unpaired) electrons. The van der Waals surface area contributed by atoms with E-state index in [4.69, 9.17) is 4.98 Å². The summed E-state index contributed by atoms with van der Waals surface area (Å²) < 4.78 is 42.1. The molecule has 3 aliphatic rings. The van der Waals surface area contributed by atoms with Gasteiger partial charge in [-0.05, 0) is 92.2 Å². The zero-order valence-corrected chi connectivity index (χ0v) is 33.1. The molecular weight excluding hydrogens is 762 g/mol. The van der Waals surface area contributed by atoms with Crippen molar-refractivity contribution in [2.45, 2.75) is 50.6 Å². The fourth-order valence-corrected chi connectivity index (χ4v) is 8.86. The number of sulfonamides is 1. The highest BCUT2D eigenvalue weighted by Gasteiger charge is 2.30. The molecule has 5 aromatic rings. The molecule has 1 atom stereocenters. The number of halogens is 1. The van der Waals surface area contributed by atoms with E-state index in [0.717, 1.165) is 68.6 Å². The van der Waals surface area contributed by atoms with E-state index in [9.17, 15) is 18.0 Å². The van der Waals surface area contributed by atoms with Crippen LogP contribution in [0, 0.1) is 5.82 Å². The van der Waals surface area contributed by atoms with Crippen molar-refractivity contribution in [2.75, 3.05) is 70.7 Å². The monoisotopic (exact) mass is 809 g/mol. The summed E-state index contributed by atoms with van der Waals surface area (Å²) in [7, 11) is -3.47. The van der Waals surface area contributed by atoms with Gasteiger partial charge in [0.15, 0.2) is 0 Å². The van der Waals surface area contributed by atoms with Crippen molar-refractivity contribution in [1.82, 2.24) is 30.9 Å². The Morgan fingerprint density at radius 1 is 0.879 bits per heavy atom. The van der Waals surface area contributed by atoms with Crippen LogP contribution in [-0.2, 0) is 32.5 Å². The maximum absolute atomic E-state index is 15.6. The molecule has 7 N–H and O–H groups in total. The van der Waals surface area contributed by atoms with Gasteiger partial charge in [-0.3, -0.25) is 19.2 Å². The molecule has 3 aliphatic heterocycles. The summed E-state index contributed by atoms with van der Waals surface area (Å²) >= 11 is 0. The molecule has 58 heavy (non-hydrogen) atoms. The Morgan fingerprint density at radius 2 is 1.69 bits per heavy atom. The number of amides is 2. The minimum Gasteiger partial charge on any atom is -0.374 e. The van der Waals surface area contributed by atoms with Crippen LogP contribution >= 0.6 is 0 Å². The first-order valence-corrected chi connectivity index (χ1v) is 21.6. The summed E-state index contributed by atoms with van der Waals surface area (Å²) in [6, 6.07) is 20.6. The summed E-state index contributed by atoms with van der Waals surface area (Å²) in [5.74, 6) is -0.0883. The second-order valence-electron chi connectivity index (χ2n) is 15.0. The topological polar surface area (TPSA) is 189 Å². The first-order valence-electron chi connectivity index (χ1n) is 19.7. The maximum Gasteiger partial charge on any atom is 0.249 e. The van der Waals surface area contributed by atoms with Gasteiger partial charge in [-0.1, -0.05) is 24.3 Å². The zero-order chi connectivity index (χ0) is 40.2. The van der Waals surface area contributed by atoms with Gasteiger partial charge >= 0.3 is 0 Å². The van der Waals surface area contributed by atoms with E-state index in [2.05, 4.69) is 58.9 Å². The van der Waals surface area contributed by atoms with Crippen LogP contribution < -0.4 is 41.1 Å². The number of hydrogen-bond donors (Lipinski definition) is 7. The number of para-hydroxylation sites is 1. The van der Waals surface area contributed by atoms with Gasteiger partial charge in [0.05, 0.1) is 28.7 Å². The molecule has 3 aromatic carbocycles. The van der Waals surface area contributed by atoms with Crippen molar-refractivity contribution in [3.05, 3.63) is 89.9 Å². The molecule has 0 spiro atoms. The molecule has 2 saturated heterocycles. The van der Waals surface area contributed by atoms with Crippen LogP contribution in [0.2, 0.25) is 0 Å². The third-order valence-electron chi connectivity index (χ3n) is 10.9. The summed E-state index contributed by atoms with van der Waals surface area (Å²) in [4.78, 5) is 37.9. The average Bonchev–Trinajstić information content (AvgIpc) is 3.87. The van der Waals surface area contributed by atoms with Gasteiger partial charge in [-0.2, -0.15) is 9.97 Å². The van der Waals surface area contributed by atoms with Crippen LogP contribution in [0.1, 0.15) is 36.8 Å². The number of imide groups is 1. The van der Waals surface area contributed by atoms with Crippen LogP contribution in [0.4, 0.5) is 44.6 Å². The van der Waals surface area contributed by atoms with E-state index in [1.54, 1.807) is 12.3 Å². The number of H-pyrrole nitrogens is 1. The SMILES string of the molecule is CS(=O)(=O)N1CCc2cccc(Nc3nc(Nc4ccc(N5CCC(NCCNCCc6ccc(NC7CCC(=O)NC7=O)cc6)CC5)c(F)c4)nc4[nH]ccc34)c21. The van der Waals surface area contributed by atoms with Crippen LogP contribution in [-0.4, -0.2) is 92.8 Å². The number of nitrogens with zero attached hydrogens (tertiary/aromatic N) is 4. The van der Waals surface area contributed by atoms with E-state index >= 15 is 4.39 Å². The molecule has 0 aliphatic carbocycles. The molecular formula is C41H48FN11O4S. The quantitative estimate of drug-likeness (QED) is 0.0580. The lowest BCUT2D eigenvalue weighted by Crippen LogP contribution is -2.47. The normalized spacial score (nSPS) is 17.4. The Hall–Kier alpha value is -5.78. The van der Waals surface area contributed by atoms with E-state index in [1.807, 2.05) is 42.5 Å². The predicted octanol–water partition coefficient (Wildman–Crippen LogP) is 4.51. The Bertz CT molecular complexity index is 2400. The van der Waals surface area contributed by atoms with E-state index < -0.39 is 16.1 Å². The first-order chi connectivity index (χ1) is 28.1. The van der Waals surface area contributed by atoms with E-state index in [1.165, 1.54) is 22.2 Å². The second kappa shape index (κ2) is 17.0. The molecule has 1 unspecified atom stereocenters. The lowest BCUT2D eigenvalue weighted by molar-refractivity contribution is -0.133. The molecule has 17 heteroatoms. The number of hydrogen-bond acceptors (Lipinski definition) is 12. The molecule has 15 nitrogen and oxygen atoms in total. The molecule has 0 saturated carbocycles. The predicted molar refractivity (Wildman–Crippen MR) is 225 cm³/mol. The first kappa shape index (κ1) is 39.1. The van der Waals surface area contributed by atoms with Crippen molar-refractivity contribution < 1.29 is 22.4 Å². The highest BCUT2D eigenvalue weighted by atomic mass is 32.2. The van der Waals surface area contributed by atoms with Gasteiger partial charge in [-0.25, -0.2) is 12.8 Å². The fourth-order valence-electron chi connectivity index (χ4n) is 7.89. The van der Waals surface area contributed by atoms with Crippen LogP contribution in [0.25, 0.3) is 11.0 Å². The lowest BCUT2D eigenvalue weighted by atomic mass is 10.0. The van der Waals surface area contributed by atoms with Gasteiger partial charge in [0.1, 0.15) is 23.3 Å². The highest BCUT2D eigenvalue weighted by Crippen LogP contribution is 2.39. The summed E-state index contributed by atoms with van der Waals surface area (Å²) in [6.45, 7) is 4.39. The standard InChI is InChI=1S/C41H48FN11O4S/c1-58(56,57)53-24-15-27-3-2-4-33(37(27)53)48-39-31-14-19-45-38(31)50-41(51-39)47-30-9-11-35(32(42)25-30)52-22-16-28(17-23-52)44-21-20-43-18-13-26-5-7-29(8-6-26)46-34-10-12-36(54)49-40(34)55/h2-9,11,14,19,25,28,34,43-44,46H,10,12-13,15-18,20-24H2,1H3,(H,49,54,55)(H3,45,47,48,50,51). The number of carbonyl (C=O) groups is 2. The van der Waals surface area contributed by atoms with Crippen molar-refractivity contribution in [3.8, 4) is 0 Å². The van der Waals surface area contributed by atoms with Crippen LogP contribution in [0.5, 0.6) is 0 Å². The second-order valence-corrected chi connectivity index (χ2v) is 16.9. The van der Waals surface area contributed by atoms with Crippen molar-refractivity contribution >= 4 is 73.1 Å². The molecule has 304 valence electrons. The third kappa shape index (κ3) is 9.01. The molecule has 5 heterocycles. The number of benzene rings is 3. The summed E-state index contributed by atoms with van der Waals surface area (Å²) in [5.41, 5.74) is 5.87. The molecule has 0 bridgehead atoms. The maximum atomic E-state index is 15.6. The van der Waals surface area contributed by atoms with Gasteiger partial charge in [-0.15, -0.1) is 0 Å². The number of piperidine rings is 2. The number of anilines is 7. The third-order valence-corrected chi connectivity index (χ3v) is 12.1. The Morgan fingerprint density at radius 3 is 2.47 bits per heavy atom. The molecule has 2 amide bonds. The van der Waals surface area contributed by atoms with E-state index in [0.29, 0.717) is 66.1 Å². The number of fused-ring (bicyclic) bond motifs is 2. The number of nitrogens with one attached hydrogen (secondary N) is 7.